The third kappa shape index (κ3) is 1.75. The first-order valence-electron chi connectivity index (χ1n) is 5.08. The lowest BCUT2D eigenvalue weighted by atomic mass is 9.96. The Labute approximate surface area is 88.7 Å². The largest absolute Gasteiger partial charge is 0.478 e. The van der Waals surface area contributed by atoms with E-state index in [0.717, 1.165) is 24.0 Å². The summed E-state index contributed by atoms with van der Waals surface area (Å²) in [6.45, 7) is 0.608. The van der Waals surface area contributed by atoms with Gasteiger partial charge in [0, 0.05) is 13.0 Å². The van der Waals surface area contributed by atoms with Crippen LogP contribution in [0.25, 0.3) is 0 Å². The number of fused-ring (bicyclic) bond motifs is 1. The molecule has 3 nitrogen and oxygen atoms in total. The van der Waals surface area contributed by atoms with Crippen LogP contribution in [0.3, 0.4) is 0 Å². The van der Waals surface area contributed by atoms with E-state index in [1.54, 1.807) is 13.2 Å². The molecule has 1 aromatic rings. The van der Waals surface area contributed by atoms with Crippen LogP contribution in [-0.2, 0) is 11.2 Å². The van der Waals surface area contributed by atoms with Crippen molar-refractivity contribution in [2.45, 2.75) is 18.8 Å². The molecular weight excluding hydrogens is 192 g/mol. The van der Waals surface area contributed by atoms with Gasteiger partial charge in [-0.15, -0.1) is 0 Å². The zero-order chi connectivity index (χ0) is 10.8. The van der Waals surface area contributed by atoms with Crippen LogP contribution in [-0.4, -0.2) is 24.8 Å². The first-order valence-corrected chi connectivity index (χ1v) is 5.08. The lowest BCUT2D eigenvalue weighted by Crippen LogP contribution is -2.08. The zero-order valence-electron chi connectivity index (χ0n) is 8.69. The average molecular weight is 206 g/mol. The van der Waals surface area contributed by atoms with Gasteiger partial charge in [-0.2, -0.15) is 0 Å². The number of carboxylic acid groups (broad SMARTS) is 1. The van der Waals surface area contributed by atoms with Crippen LogP contribution in [0.15, 0.2) is 18.2 Å². The molecule has 1 aromatic carbocycles. The topological polar surface area (TPSA) is 46.5 Å². The summed E-state index contributed by atoms with van der Waals surface area (Å²) in [4.78, 5) is 11.1. The molecule has 1 N–H and O–H groups in total. The highest BCUT2D eigenvalue weighted by molar-refractivity contribution is 5.90. The Balaban J connectivity index is 2.43. The van der Waals surface area contributed by atoms with Crippen molar-refractivity contribution in [3.8, 4) is 0 Å². The first-order chi connectivity index (χ1) is 7.24. The van der Waals surface area contributed by atoms with E-state index in [1.165, 1.54) is 0 Å². The first kappa shape index (κ1) is 10.2. The second-order valence-electron chi connectivity index (χ2n) is 3.87. The van der Waals surface area contributed by atoms with Gasteiger partial charge < -0.3 is 9.84 Å². The van der Waals surface area contributed by atoms with Crippen LogP contribution in [0, 0.1) is 0 Å². The summed E-state index contributed by atoms with van der Waals surface area (Å²) in [6.07, 6.45) is 1.96. The molecule has 1 aliphatic carbocycles. The lowest BCUT2D eigenvalue weighted by Gasteiger charge is -2.12. The molecule has 3 heteroatoms. The normalized spacial score (nSPS) is 18.9. The molecular formula is C12H14O3. The zero-order valence-corrected chi connectivity index (χ0v) is 8.69. The molecule has 0 spiro atoms. The van der Waals surface area contributed by atoms with E-state index in [0.29, 0.717) is 12.2 Å². The second-order valence-corrected chi connectivity index (χ2v) is 3.87. The van der Waals surface area contributed by atoms with Gasteiger partial charge in [0.1, 0.15) is 0 Å². The Kier molecular flexibility index (Phi) is 2.73. The van der Waals surface area contributed by atoms with Gasteiger partial charge >= 0.3 is 5.97 Å². The summed E-state index contributed by atoms with van der Waals surface area (Å²) in [5.74, 6) is -0.591. The number of ether oxygens (including phenoxy) is 1. The number of aromatic carboxylic acids is 1. The molecule has 2 rings (SSSR count). The summed E-state index contributed by atoms with van der Waals surface area (Å²) >= 11 is 0. The Bertz CT molecular complexity index is 382. The maximum Gasteiger partial charge on any atom is 0.335 e. The van der Waals surface area contributed by atoms with Gasteiger partial charge in [-0.1, -0.05) is 12.1 Å². The number of carbonyl (C=O) groups is 1. The fourth-order valence-corrected chi connectivity index (χ4v) is 2.34. The van der Waals surface area contributed by atoms with Gasteiger partial charge in [-0.25, -0.2) is 4.79 Å². The van der Waals surface area contributed by atoms with Gasteiger partial charge in [-0.05, 0) is 30.0 Å². The highest BCUT2D eigenvalue weighted by Crippen LogP contribution is 2.35. The van der Waals surface area contributed by atoms with Gasteiger partial charge in [-0.3, -0.25) is 0 Å². The summed E-state index contributed by atoms with van der Waals surface area (Å²) in [7, 11) is 1.65. The van der Waals surface area contributed by atoms with Crippen molar-refractivity contribution in [2.75, 3.05) is 13.7 Å². The molecule has 15 heavy (non-hydrogen) atoms. The molecule has 0 radical (unpaired) electrons. The van der Waals surface area contributed by atoms with Crippen LogP contribution in [0.1, 0.15) is 33.8 Å². The van der Waals surface area contributed by atoms with Crippen LogP contribution in [0.5, 0.6) is 0 Å². The highest BCUT2D eigenvalue weighted by atomic mass is 16.5. The quantitative estimate of drug-likeness (QED) is 0.823. The molecule has 1 unspecified atom stereocenters. The predicted octanol–water partition coefficient (Wildman–Crippen LogP) is 2.06. The van der Waals surface area contributed by atoms with Crippen molar-refractivity contribution in [3.05, 3.63) is 34.9 Å². The molecule has 0 heterocycles. The van der Waals surface area contributed by atoms with E-state index in [1.807, 2.05) is 12.1 Å². The summed E-state index contributed by atoms with van der Waals surface area (Å²) < 4.78 is 5.12. The molecule has 1 aliphatic rings. The monoisotopic (exact) mass is 206 g/mol. The number of methoxy groups -OCH3 is 1. The average Bonchev–Trinajstić information content (AvgIpc) is 2.62. The number of carboxylic acids is 1. The van der Waals surface area contributed by atoms with Crippen molar-refractivity contribution in [1.29, 1.82) is 0 Å². The number of rotatable bonds is 3. The molecule has 0 saturated heterocycles. The van der Waals surface area contributed by atoms with Gasteiger partial charge in [0.2, 0.25) is 0 Å². The van der Waals surface area contributed by atoms with Gasteiger partial charge in [0.05, 0.1) is 12.2 Å². The minimum atomic E-state index is -0.838. The summed E-state index contributed by atoms with van der Waals surface area (Å²) in [5.41, 5.74) is 2.58. The number of hydrogen-bond acceptors (Lipinski definition) is 2. The minimum Gasteiger partial charge on any atom is -0.478 e. The second kappa shape index (κ2) is 4.03. The van der Waals surface area contributed by atoms with Crippen LogP contribution < -0.4 is 0 Å². The van der Waals surface area contributed by atoms with E-state index in [2.05, 4.69) is 0 Å². The van der Waals surface area contributed by atoms with Gasteiger partial charge in [0.15, 0.2) is 0 Å². The fourth-order valence-electron chi connectivity index (χ4n) is 2.34. The standard InChI is InChI=1S/C12H14O3/c1-15-7-9-6-5-8-3-2-4-10(11(8)9)12(13)14/h2-4,9H,5-7H2,1H3,(H,13,14). The molecule has 80 valence electrons. The third-order valence-corrected chi connectivity index (χ3v) is 2.97. The van der Waals surface area contributed by atoms with E-state index in [4.69, 9.17) is 9.84 Å². The number of aryl methyl sites for hydroxylation is 1. The van der Waals surface area contributed by atoms with E-state index < -0.39 is 5.97 Å². The Hall–Kier alpha value is -1.35. The Morgan fingerprint density at radius 1 is 1.60 bits per heavy atom. The van der Waals surface area contributed by atoms with Crippen molar-refractivity contribution in [2.24, 2.45) is 0 Å². The molecule has 0 aliphatic heterocycles. The highest BCUT2D eigenvalue weighted by Gasteiger charge is 2.27. The molecule has 0 amide bonds. The predicted molar refractivity (Wildman–Crippen MR) is 56.3 cm³/mol. The van der Waals surface area contributed by atoms with Crippen molar-refractivity contribution >= 4 is 5.97 Å². The lowest BCUT2D eigenvalue weighted by molar-refractivity contribution is 0.0694. The summed E-state index contributed by atoms with van der Waals surface area (Å²) in [6, 6.07) is 5.50. The maximum absolute atomic E-state index is 11.1. The van der Waals surface area contributed by atoms with E-state index in [9.17, 15) is 4.79 Å². The van der Waals surface area contributed by atoms with Crippen molar-refractivity contribution in [3.63, 3.8) is 0 Å². The third-order valence-electron chi connectivity index (χ3n) is 2.97. The SMILES string of the molecule is COCC1CCc2cccc(C(=O)O)c21. The van der Waals surface area contributed by atoms with E-state index in [-0.39, 0.29) is 5.92 Å². The van der Waals surface area contributed by atoms with Crippen molar-refractivity contribution < 1.29 is 14.6 Å². The Morgan fingerprint density at radius 2 is 2.40 bits per heavy atom. The molecule has 1 atom stereocenters. The number of benzene rings is 1. The molecule has 0 aromatic heterocycles. The molecule has 0 bridgehead atoms. The minimum absolute atomic E-state index is 0.247. The van der Waals surface area contributed by atoms with Crippen LogP contribution in [0.4, 0.5) is 0 Å². The smallest absolute Gasteiger partial charge is 0.335 e. The maximum atomic E-state index is 11.1. The Morgan fingerprint density at radius 3 is 3.07 bits per heavy atom. The van der Waals surface area contributed by atoms with E-state index >= 15 is 0 Å². The fraction of sp³-hybridized carbons (Fsp3) is 0.417. The summed E-state index contributed by atoms with van der Waals surface area (Å²) in [5, 5.41) is 9.09. The molecule has 0 fully saturated rings. The van der Waals surface area contributed by atoms with Crippen molar-refractivity contribution in [1.82, 2.24) is 0 Å². The van der Waals surface area contributed by atoms with Gasteiger partial charge in [0.25, 0.3) is 0 Å². The van der Waals surface area contributed by atoms with Crippen LogP contribution >= 0.6 is 0 Å². The number of hydrogen-bond donors (Lipinski definition) is 1. The molecule has 0 saturated carbocycles. The van der Waals surface area contributed by atoms with Crippen LogP contribution in [0.2, 0.25) is 0 Å².